The van der Waals surface area contributed by atoms with E-state index in [0.717, 1.165) is 17.1 Å². The molecule has 1 unspecified atom stereocenters. The summed E-state index contributed by atoms with van der Waals surface area (Å²) in [6, 6.07) is 15.8. The van der Waals surface area contributed by atoms with Crippen molar-refractivity contribution in [2.24, 2.45) is 0 Å². The van der Waals surface area contributed by atoms with Gasteiger partial charge in [0.15, 0.2) is 0 Å². The highest BCUT2D eigenvalue weighted by atomic mass is 32.2. The molecule has 0 heterocycles. The molecular weight excluding hydrogens is 574 g/mol. The van der Waals surface area contributed by atoms with Gasteiger partial charge in [-0.25, -0.2) is 17.2 Å². The van der Waals surface area contributed by atoms with Crippen molar-refractivity contribution in [3.63, 3.8) is 0 Å². The molecule has 0 aliphatic heterocycles. The molecular formula is C33H42F2N2O5S. The number of nitrogens with one attached hydrogen (secondary N) is 1. The van der Waals surface area contributed by atoms with Crippen LogP contribution in [0.1, 0.15) is 56.7 Å². The van der Waals surface area contributed by atoms with Crippen molar-refractivity contribution in [1.82, 2.24) is 9.62 Å². The zero-order valence-corrected chi connectivity index (χ0v) is 26.1. The van der Waals surface area contributed by atoms with Crippen LogP contribution in [0.4, 0.5) is 8.78 Å². The Bertz CT molecular complexity index is 1510. The summed E-state index contributed by atoms with van der Waals surface area (Å²) >= 11 is 0. The first-order valence-corrected chi connectivity index (χ1v) is 15.9. The van der Waals surface area contributed by atoms with Crippen molar-refractivity contribution in [2.75, 3.05) is 20.1 Å². The van der Waals surface area contributed by atoms with Gasteiger partial charge in [-0.3, -0.25) is 4.79 Å². The van der Waals surface area contributed by atoms with Gasteiger partial charge in [0.1, 0.15) is 11.6 Å². The molecule has 0 saturated heterocycles. The molecule has 3 rings (SSSR count). The van der Waals surface area contributed by atoms with E-state index in [-0.39, 0.29) is 47.7 Å². The van der Waals surface area contributed by atoms with Crippen molar-refractivity contribution in [1.29, 1.82) is 0 Å². The maximum atomic E-state index is 14.9. The topological polar surface area (TPSA) is 107 Å². The number of benzene rings is 3. The summed E-state index contributed by atoms with van der Waals surface area (Å²) in [5.41, 5.74) is 2.05. The minimum atomic E-state index is -3.98. The summed E-state index contributed by atoms with van der Waals surface area (Å²) < 4.78 is 57.0. The number of aryl methyl sites for hydroxylation is 3. The van der Waals surface area contributed by atoms with Crippen LogP contribution in [0.15, 0.2) is 65.6 Å². The van der Waals surface area contributed by atoms with E-state index in [1.807, 2.05) is 19.9 Å². The lowest BCUT2D eigenvalue weighted by atomic mass is 9.94. The summed E-state index contributed by atoms with van der Waals surface area (Å²) in [5, 5.41) is 23.1. The quantitative estimate of drug-likeness (QED) is 0.194. The molecule has 1 atom stereocenters. The normalized spacial score (nSPS) is 12.9. The van der Waals surface area contributed by atoms with Crippen LogP contribution in [0.25, 0.3) is 11.1 Å². The second kappa shape index (κ2) is 15.0. The number of halogens is 2. The first-order chi connectivity index (χ1) is 20.2. The second-order valence-electron chi connectivity index (χ2n) is 11.5. The molecule has 0 spiro atoms. The predicted octanol–water partition coefficient (Wildman–Crippen LogP) is 5.58. The van der Waals surface area contributed by atoms with Crippen molar-refractivity contribution < 1.29 is 32.2 Å². The first kappa shape index (κ1) is 34.3. The Labute approximate surface area is 253 Å². The Morgan fingerprint density at radius 3 is 2.33 bits per heavy atom. The fourth-order valence-electron chi connectivity index (χ4n) is 5.14. The standard InChI is InChI=1S/C33H42F2N2O5S/c1-5-23-20-26(32-25(16-18-31(39)40)11-8-14-29(32)35)15-17-30(23)43(41,42)37(4)22-27(38)21-36-33(2,3)19-9-12-24-10-6-7-13-28(24)34/h6-8,10-11,13-15,17,20,27,36,38H,5,9,12,16,18-19,21-22H2,1-4H3,(H,39,40). The fraction of sp³-hybridized carbons (Fsp3) is 0.424. The average Bonchev–Trinajstić information content (AvgIpc) is 2.95. The number of carboxylic acid groups (broad SMARTS) is 1. The molecule has 0 amide bonds. The van der Waals surface area contributed by atoms with Gasteiger partial charge in [0.2, 0.25) is 10.0 Å². The van der Waals surface area contributed by atoms with Crippen LogP contribution in [0.3, 0.4) is 0 Å². The lowest BCUT2D eigenvalue weighted by Gasteiger charge is -2.29. The van der Waals surface area contributed by atoms with Gasteiger partial charge in [0, 0.05) is 37.7 Å². The first-order valence-electron chi connectivity index (χ1n) is 14.5. The van der Waals surface area contributed by atoms with Crippen molar-refractivity contribution in [3.05, 3.63) is 89.0 Å². The summed E-state index contributed by atoms with van der Waals surface area (Å²) in [5.74, 6) is -1.72. The molecule has 3 N–H and O–H groups in total. The largest absolute Gasteiger partial charge is 0.481 e. The van der Waals surface area contributed by atoms with Crippen molar-refractivity contribution in [3.8, 4) is 11.1 Å². The molecule has 10 heteroatoms. The SMILES string of the molecule is CCc1cc(-c2c(F)cccc2CCC(=O)O)ccc1S(=O)(=O)N(C)CC(O)CNC(C)(C)CCCc1ccccc1F. The van der Waals surface area contributed by atoms with Crippen LogP contribution < -0.4 is 5.32 Å². The van der Waals surface area contributed by atoms with E-state index < -0.39 is 27.9 Å². The van der Waals surface area contributed by atoms with Gasteiger partial charge >= 0.3 is 5.97 Å². The lowest BCUT2D eigenvalue weighted by molar-refractivity contribution is -0.136. The number of carbonyl (C=O) groups is 1. The van der Waals surface area contributed by atoms with Crippen LogP contribution in [0.5, 0.6) is 0 Å². The van der Waals surface area contributed by atoms with Gasteiger partial charge in [-0.15, -0.1) is 0 Å². The Hall–Kier alpha value is -3.18. The molecule has 0 aliphatic carbocycles. The van der Waals surface area contributed by atoms with E-state index in [0.29, 0.717) is 35.1 Å². The summed E-state index contributed by atoms with van der Waals surface area (Å²) in [6.45, 7) is 5.80. The smallest absolute Gasteiger partial charge is 0.303 e. The monoisotopic (exact) mass is 616 g/mol. The van der Waals surface area contributed by atoms with Gasteiger partial charge in [-0.2, -0.15) is 4.31 Å². The van der Waals surface area contributed by atoms with E-state index in [1.54, 1.807) is 31.2 Å². The van der Waals surface area contributed by atoms with E-state index >= 15 is 0 Å². The Morgan fingerprint density at radius 1 is 0.977 bits per heavy atom. The Kier molecular flexibility index (Phi) is 12.0. The number of hydrogen-bond donors (Lipinski definition) is 3. The molecule has 234 valence electrons. The van der Waals surface area contributed by atoms with Gasteiger partial charge < -0.3 is 15.5 Å². The third-order valence-electron chi connectivity index (χ3n) is 7.62. The maximum Gasteiger partial charge on any atom is 0.303 e. The third kappa shape index (κ3) is 9.40. The number of sulfonamides is 1. The van der Waals surface area contributed by atoms with Crippen molar-refractivity contribution >= 4 is 16.0 Å². The fourth-order valence-corrected chi connectivity index (χ4v) is 6.62. The number of aliphatic hydroxyl groups is 1. The lowest BCUT2D eigenvalue weighted by Crippen LogP contribution is -2.46. The molecule has 0 fully saturated rings. The van der Waals surface area contributed by atoms with E-state index in [2.05, 4.69) is 5.32 Å². The van der Waals surface area contributed by atoms with Gasteiger partial charge in [0.05, 0.1) is 11.0 Å². The Balaban J connectivity index is 1.66. The molecule has 0 saturated carbocycles. The number of carboxylic acids is 1. The molecule has 0 aromatic heterocycles. The molecule has 3 aromatic carbocycles. The Morgan fingerprint density at radius 2 is 1.65 bits per heavy atom. The molecule has 0 radical (unpaired) electrons. The van der Waals surface area contributed by atoms with Crippen molar-refractivity contribution in [2.45, 2.75) is 75.8 Å². The molecule has 3 aromatic rings. The molecule has 0 aliphatic rings. The molecule has 0 bridgehead atoms. The van der Waals surface area contributed by atoms with Crippen LogP contribution >= 0.6 is 0 Å². The molecule has 43 heavy (non-hydrogen) atoms. The van der Waals surface area contributed by atoms with Gasteiger partial charge in [-0.05, 0) is 92.5 Å². The van der Waals surface area contributed by atoms with Crippen LogP contribution in [-0.4, -0.2) is 60.7 Å². The number of nitrogens with zero attached hydrogens (tertiary/aromatic N) is 1. The number of likely N-dealkylation sites (N-methyl/N-ethyl adjacent to an activating group) is 1. The zero-order chi connectivity index (χ0) is 31.8. The number of rotatable bonds is 16. The summed E-state index contributed by atoms with van der Waals surface area (Å²) in [4.78, 5) is 11.2. The second-order valence-corrected chi connectivity index (χ2v) is 13.5. The van der Waals surface area contributed by atoms with Crippen LogP contribution in [0, 0.1) is 11.6 Å². The number of β-amino-alcohol motifs (C(OH)–C–C–N with tert-alkyl or cyclic N) is 1. The van der Waals surface area contributed by atoms with E-state index in [4.69, 9.17) is 5.11 Å². The predicted molar refractivity (Wildman–Crippen MR) is 164 cm³/mol. The number of hydrogen-bond acceptors (Lipinski definition) is 5. The number of aliphatic carboxylic acids is 1. The maximum absolute atomic E-state index is 14.9. The third-order valence-corrected chi connectivity index (χ3v) is 9.54. The van der Waals surface area contributed by atoms with Crippen LogP contribution in [0.2, 0.25) is 0 Å². The average molecular weight is 617 g/mol. The number of aliphatic hydroxyl groups excluding tert-OH is 1. The minimum Gasteiger partial charge on any atom is -0.481 e. The highest BCUT2D eigenvalue weighted by Crippen LogP contribution is 2.32. The minimum absolute atomic E-state index is 0.0679. The molecule has 7 nitrogen and oxygen atoms in total. The van der Waals surface area contributed by atoms with Gasteiger partial charge in [0.25, 0.3) is 0 Å². The van der Waals surface area contributed by atoms with E-state index in [9.17, 15) is 27.1 Å². The highest BCUT2D eigenvalue weighted by molar-refractivity contribution is 7.89. The van der Waals surface area contributed by atoms with E-state index in [1.165, 1.54) is 37.4 Å². The zero-order valence-electron chi connectivity index (χ0n) is 25.2. The summed E-state index contributed by atoms with van der Waals surface area (Å²) in [7, 11) is -2.57. The highest BCUT2D eigenvalue weighted by Gasteiger charge is 2.27. The van der Waals surface area contributed by atoms with Crippen LogP contribution in [-0.2, 0) is 34.1 Å². The summed E-state index contributed by atoms with van der Waals surface area (Å²) in [6.07, 6.45) is 1.44. The van der Waals surface area contributed by atoms with Gasteiger partial charge in [-0.1, -0.05) is 43.3 Å².